The number of nitrogens with one attached hydrogen (secondary N) is 1. The fourth-order valence-electron chi connectivity index (χ4n) is 1.77. The summed E-state index contributed by atoms with van der Waals surface area (Å²) >= 11 is 0. The van der Waals surface area contributed by atoms with Gasteiger partial charge in [0.2, 0.25) is 0 Å². The van der Waals surface area contributed by atoms with Gasteiger partial charge in [-0.1, -0.05) is 6.42 Å². The number of aliphatic hydroxyl groups excluding tert-OH is 1. The summed E-state index contributed by atoms with van der Waals surface area (Å²) in [6.07, 6.45) is 3.80. The predicted octanol–water partition coefficient (Wildman–Crippen LogP) is 2.48. The number of unbranched alkanes of at least 4 members (excludes halogenated alkanes) is 3. The van der Waals surface area contributed by atoms with Crippen molar-refractivity contribution in [3.05, 3.63) is 29.6 Å². The van der Waals surface area contributed by atoms with Crippen molar-refractivity contribution in [1.29, 1.82) is 0 Å². The molecule has 0 aliphatic carbocycles. The number of rotatable bonds is 9. The highest BCUT2D eigenvalue weighted by atomic mass is 19.1. The first-order valence-electron chi connectivity index (χ1n) is 6.44. The van der Waals surface area contributed by atoms with Crippen molar-refractivity contribution in [1.82, 2.24) is 5.32 Å². The Labute approximate surface area is 108 Å². The van der Waals surface area contributed by atoms with E-state index in [-0.39, 0.29) is 12.4 Å². The smallest absolute Gasteiger partial charge is 0.127 e. The van der Waals surface area contributed by atoms with Gasteiger partial charge in [0.05, 0.1) is 6.61 Å². The van der Waals surface area contributed by atoms with Crippen molar-refractivity contribution in [3.8, 4) is 5.75 Å². The average molecular weight is 255 g/mol. The summed E-state index contributed by atoms with van der Waals surface area (Å²) in [6, 6.07) is 4.77. The van der Waals surface area contributed by atoms with Crippen molar-refractivity contribution in [2.75, 3.05) is 20.3 Å². The van der Waals surface area contributed by atoms with E-state index >= 15 is 0 Å². The van der Waals surface area contributed by atoms with Crippen molar-refractivity contribution in [3.63, 3.8) is 0 Å². The molecule has 0 aliphatic rings. The highest BCUT2D eigenvalue weighted by molar-refractivity contribution is 5.29. The van der Waals surface area contributed by atoms with Crippen LogP contribution in [-0.2, 0) is 6.54 Å². The third-order valence-electron chi connectivity index (χ3n) is 2.63. The van der Waals surface area contributed by atoms with Gasteiger partial charge in [-0.25, -0.2) is 4.39 Å². The Hall–Kier alpha value is -1.13. The minimum absolute atomic E-state index is 0.248. The number of aliphatic hydroxyl groups is 1. The molecule has 0 heterocycles. The molecule has 0 unspecified atom stereocenters. The van der Waals surface area contributed by atoms with Gasteiger partial charge >= 0.3 is 0 Å². The zero-order valence-electron chi connectivity index (χ0n) is 10.9. The molecular formula is C14H22FNO2. The maximum Gasteiger partial charge on any atom is 0.127 e. The lowest BCUT2D eigenvalue weighted by atomic mass is 10.2. The van der Waals surface area contributed by atoms with Crippen LogP contribution in [0.3, 0.4) is 0 Å². The van der Waals surface area contributed by atoms with Gasteiger partial charge in [0.25, 0.3) is 0 Å². The van der Waals surface area contributed by atoms with Crippen LogP contribution in [0, 0.1) is 5.82 Å². The number of hydrogen-bond acceptors (Lipinski definition) is 3. The van der Waals surface area contributed by atoms with Crippen LogP contribution in [0.1, 0.15) is 31.2 Å². The van der Waals surface area contributed by atoms with E-state index in [0.717, 1.165) is 31.2 Å². The fourth-order valence-corrected chi connectivity index (χ4v) is 1.77. The summed E-state index contributed by atoms with van der Waals surface area (Å²) in [4.78, 5) is 0. The molecule has 4 heteroatoms. The van der Waals surface area contributed by atoms with Gasteiger partial charge in [0.1, 0.15) is 11.6 Å². The van der Waals surface area contributed by atoms with Crippen LogP contribution >= 0.6 is 0 Å². The monoisotopic (exact) mass is 255 g/mol. The molecule has 2 N–H and O–H groups in total. The molecule has 0 aliphatic heterocycles. The number of benzene rings is 1. The van der Waals surface area contributed by atoms with Crippen molar-refractivity contribution in [2.45, 2.75) is 32.2 Å². The second-order valence-corrected chi connectivity index (χ2v) is 4.31. The van der Waals surface area contributed by atoms with Gasteiger partial charge in [-0.2, -0.15) is 0 Å². The fraction of sp³-hybridized carbons (Fsp3) is 0.571. The second-order valence-electron chi connectivity index (χ2n) is 4.31. The molecule has 0 amide bonds. The third-order valence-corrected chi connectivity index (χ3v) is 2.63. The Morgan fingerprint density at radius 2 is 1.94 bits per heavy atom. The summed E-state index contributed by atoms with van der Waals surface area (Å²) in [6.45, 7) is 1.47. The normalized spacial score (nSPS) is 10.6. The van der Waals surface area contributed by atoms with Crippen LogP contribution < -0.4 is 10.1 Å². The van der Waals surface area contributed by atoms with E-state index in [1.807, 2.05) is 13.1 Å². The van der Waals surface area contributed by atoms with Crippen molar-refractivity contribution >= 4 is 0 Å². The molecule has 0 spiro atoms. The summed E-state index contributed by atoms with van der Waals surface area (Å²) in [5, 5.41) is 11.6. The van der Waals surface area contributed by atoms with Gasteiger partial charge < -0.3 is 15.2 Å². The van der Waals surface area contributed by atoms with Crippen LogP contribution in [0.5, 0.6) is 5.75 Å². The minimum Gasteiger partial charge on any atom is -0.493 e. The predicted molar refractivity (Wildman–Crippen MR) is 70.2 cm³/mol. The Bertz CT molecular complexity index is 345. The molecular weight excluding hydrogens is 233 g/mol. The van der Waals surface area contributed by atoms with E-state index < -0.39 is 0 Å². The van der Waals surface area contributed by atoms with E-state index in [1.54, 1.807) is 0 Å². The lowest BCUT2D eigenvalue weighted by Crippen LogP contribution is -2.06. The highest BCUT2D eigenvalue weighted by Crippen LogP contribution is 2.17. The zero-order valence-corrected chi connectivity index (χ0v) is 10.9. The van der Waals surface area contributed by atoms with E-state index in [1.165, 1.54) is 12.1 Å². The molecule has 0 saturated carbocycles. The van der Waals surface area contributed by atoms with Gasteiger partial charge in [0.15, 0.2) is 0 Å². The summed E-state index contributed by atoms with van der Waals surface area (Å²) in [5.74, 6) is 0.320. The molecule has 102 valence electrons. The van der Waals surface area contributed by atoms with Crippen LogP contribution in [-0.4, -0.2) is 25.4 Å². The lowest BCUT2D eigenvalue weighted by Gasteiger charge is -2.08. The second kappa shape index (κ2) is 8.89. The molecule has 0 radical (unpaired) electrons. The number of ether oxygens (including phenoxy) is 1. The largest absolute Gasteiger partial charge is 0.493 e. The van der Waals surface area contributed by atoms with Crippen LogP contribution in [0.2, 0.25) is 0 Å². The van der Waals surface area contributed by atoms with E-state index in [9.17, 15) is 4.39 Å². The quantitative estimate of drug-likeness (QED) is 0.666. The lowest BCUT2D eigenvalue weighted by molar-refractivity contribution is 0.273. The topological polar surface area (TPSA) is 41.5 Å². The zero-order chi connectivity index (χ0) is 13.2. The number of hydrogen-bond donors (Lipinski definition) is 2. The summed E-state index contributed by atoms with van der Waals surface area (Å²) in [5.41, 5.74) is 0.882. The van der Waals surface area contributed by atoms with E-state index in [2.05, 4.69) is 5.32 Å². The van der Waals surface area contributed by atoms with Gasteiger partial charge in [-0.15, -0.1) is 0 Å². The van der Waals surface area contributed by atoms with Gasteiger partial charge in [-0.3, -0.25) is 0 Å². The molecule has 1 aromatic rings. The first-order chi connectivity index (χ1) is 8.76. The first-order valence-corrected chi connectivity index (χ1v) is 6.44. The molecule has 0 bridgehead atoms. The highest BCUT2D eigenvalue weighted by Gasteiger charge is 2.01. The molecule has 0 fully saturated rings. The molecule has 3 nitrogen and oxygen atoms in total. The Balaban J connectivity index is 2.32. The van der Waals surface area contributed by atoms with Crippen LogP contribution in [0.15, 0.2) is 18.2 Å². The Morgan fingerprint density at radius 3 is 2.67 bits per heavy atom. The first kappa shape index (κ1) is 14.9. The number of halogens is 1. The van der Waals surface area contributed by atoms with Crippen LogP contribution in [0.25, 0.3) is 0 Å². The Kier molecular flexibility index (Phi) is 7.37. The maximum atomic E-state index is 13.3. The Morgan fingerprint density at radius 1 is 1.17 bits per heavy atom. The van der Waals surface area contributed by atoms with Gasteiger partial charge in [0, 0.05) is 19.2 Å². The van der Waals surface area contributed by atoms with Crippen molar-refractivity contribution < 1.29 is 14.2 Å². The summed E-state index contributed by atoms with van der Waals surface area (Å²) in [7, 11) is 1.83. The van der Waals surface area contributed by atoms with Crippen LogP contribution in [0.4, 0.5) is 4.39 Å². The van der Waals surface area contributed by atoms with Gasteiger partial charge in [-0.05, 0) is 44.0 Å². The minimum atomic E-state index is -0.266. The SMILES string of the molecule is CNCc1cc(F)cc(OCCCCCCO)c1. The standard InChI is InChI=1S/C14H22FNO2/c1-16-11-12-8-13(15)10-14(9-12)18-7-5-3-2-4-6-17/h8-10,16-17H,2-7,11H2,1H3. The third kappa shape index (κ3) is 5.98. The van der Waals surface area contributed by atoms with E-state index in [0.29, 0.717) is 18.9 Å². The average Bonchev–Trinajstić information content (AvgIpc) is 2.33. The molecule has 0 atom stereocenters. The molecule has 0 aromatic heterocycles. The molecule has 18 heavy (non-hydrogen) atoms. The van der Waals surface area contributed by atoms with Crippen molar-refractivity contribution in [2.24, 2.45) is 0 Å². The molecule has 0 saturated heterocycles. The summed E-state index contributed by atoms with van der Waals surface area (Å²) < 4.78 is 18.8. The van der Waals surface area contributed by atoms with E-state index in [4.69, 9.17) is 9.84 Å². The maximum absolute atomic E-state index is 13.3. The molecule has 1 aromatic carbocycles. The molecule has 1 rings (SSSR count).